The molecule has 0 bridgehead atoms. The summed E-state index contributed by atoms with van der Waals surface area (Å²) in [5.74, 6) is 0. The second-order valence-corrected chi connectivity index (χ2v) is 0.283. The summed E-state index contributed by atoms with van der Waals surface area (Å²) in [6, 6.07) is 0. The molecule has 5 heteroatoms. The Morgan fingerprint density at radius 1 is 1.17 bits per heavy atom. The summed E-state index contributed by atoms with van der Waals surface area (Å²) >= 11 is 0. The average Bonchev–Trinajstić information content (AvgIpc) is 0.811. The second kappa shape index (κ2) is 8.89. The monoisotopic (exact) mass is 98.0 g/mol. The van der Waals surface area contributed by atoms with Gasteiger partial charge in [0.2, 0.25) is 0 Å². The molecule has 0 radical (unpaired) electrons. The number of rotatable bonds is 0. The van der Waals surface area contributed by atoms with Gasteiger partial charge in [-0.2, -0.15) is 0 Å². The maximum atomic E-state index is 8.56. The van der Waals surface area contributed by atoms with Gasteiger partial charge in [-0.1, -0.05) is 0 Å². The minimum absolute atomic E-state index is 0. The Bertz CT molecular complexity index is 26.9. The standard InChI is InChI=1S/CH2O3.2H2O/c2-1(3)4;;/h(H2,2,3,4);2*1H2. The summed E-state index contributed by atoms with van der Waals surface area (Å²) in [6.07, 6.45) is -1.83. The van der Waals surface area contributed by atoms with E-state index < -0.39 is 6.16 Å². The van der Waals surface area contributed by atoms with Crippen molar-refractivity contribution in [2.45, 2.75) is 0 Å². The first-order valence-electron chi connectivity index (χ1n) is 0.651. The molecule has 6 N–H and O–H groups in total. The zero-order valence-electron chi connectivity index (χ0n) is 2.80. The molecule has 0 atom stereocenters. The summed E-state index contributed by atoms with van der Waals surface area (Å²) in [4.78, 5) is 8.56. The molecule has 0 fully saturated rings. The predicted octanol–water partition coefficient (Wildman–Crippen LogP) is -1.43. The molecule has 6 heavy (non-hydrogen) atoms. The number of hydrogen-bond acceptors (Lipinski definition) is 1. The molecule has 0 amide bonds. The van der Waals surface area contributed by atoms with Crippen LogP contribution in [-0.2, 0) is 0 Å². The van der Waals surface area contributed by atoms with Crippen LogP contribution in [0.1, 0.15) is 0 Å². The van der Waals surface area contributed by atoms with Crippen LogP contribution in [0.5, 0.6) is 0 Å². The Morgan fingerprint density at radius 3 is 1.17 bits per heavy atom. The molecule has 0 spiro atoms. The third-order valence-electron chi connectivity index (χ3n) is 0. The minimum Gasteiger partial charge on any atom is -0.450 e. The Balaban J connectivity index is -0.0000000450. The highest BCUT2D eigenvalue weighted by atomic mass is 16.6. The van der Waals surface area contributed by atoms with E-state index in [9.17, 15) is 0 Å². The van der Waals surface area contributed by atoms with Crippen LogP contribution in [0, 0.1) is 0 Å². The van der Waals surface area contributed by atoms with Crippen molar-refractivity contribution < 1.29 is 26.0 Å². The van der Waals surface area contributed by atoms with Crippen LogP contribution < -0.4 is 0 Å². The van der Waals surface area contributed by atoms with E-state index in [-0.39, 0.29) is 11.0 Å². The van der Waals surface area contributed by atoms with E-state index in [2.05, 4.69) is 0 Å². The molecule has 0 aromatic heterocycles. The van der Waals surface area contributed by atoms with Gasteiger partial charge in [-0.3, -0.25) is 0 Å². The molecule has 0 aliphatic carbocycles. The van der Waals surface area contributed by atoms with Crippen LogP contribution in [0.15, 0.2) is 0 Å². The van der Waals surface area contributed by atoms with Crippen molar-refractivity contribution in [3.8, 4) is 0 Å². The van der Waals surface area contributed by atoms with E-state index in [1.165, 1.54) is 0 Å². The average molecular weight is 98.1 g/mol. The first-order valence-corrected chi connectivity index (χ1v) is 0.651. The van der Waals surface area contributed by atoms with Gasteiger partial charge in [-0.25, -0.2) is 4.79 Å². The van der Waals surface area contributed by atoms with Gasteiger partial charge in [0.15, 0.2) is 0 Å². The lowest BCUT2D eigenvalue weighted by Gasteiger charge is -1.60. The summed E-state index contributed by atoms with van der Waals surface area (Å²) in [5.41, 5.74) is 0. The van der Waals surface area contributed by atoms with E-state index in [0.29, 0.717) is 0 Å². The highest BCUT2D eigenvalue weighted by molar-refractivity contribution is 5.53. The number of carboxylic acid groups (broad SMARTS) is 2. The second-order valence-electron chi connectivity index (χ2n) is 0.283. The van der Waals surface area contributed by atoms with E-state index in [4.69, 9.17) is 15.0 Å². The summed E-state index contributed by atoms with van der Waals surface area (Å²) in [6.45, 7) is 0. The topological polar surface area (TPSA) is 121 Å². The molecule has 0 aliphatic rings. The van der Waals surface area contributed by atoms with Crippen molar-refractivity contribution in [2.75, 3.05) is 0 Å². The largest absolute Gasteiger partial charge is 0.503 e. The number of carbonyl (C=O) groups is 1. The van der Waals surface area contributed by atoms with Crippen LogP contribution >= 0.6 is 0 Å². The SMILES string of the molecule is O.O.O=C(O)O. The van der Waals surface area contributed by atoms with Crippen LogP contribution in [0.3, 0.4) is 0 Å². The predicted molar refractivity (Wildman–Crippen MR) is 17.9 cm³/mol. The lowest BCUT2D eigenvalue weighted by atomic mass is 11.5. The first kappa shape index (κ1) is 19.0. The van der Waals surface area contributed by atoms with Gasteiger partial charge in [0, 0.05) is 0 Å². The fourth-order valence-corrected chi connectivity index (χ4v) is 0. The molecule has 0 rings (SSSR count). The van der Waals surface area contributed by atoms with E-state index in [1.54, 1.807) is 0 Å². The molecular weight excluding hydrogens is 92.0 g/mol. The van der Waals surface area contributed by atoms with Crippen molar-refractivity contribution in [2.24, 2.45) is 0 Å². The Kier molecular flexibility index (Phi) is 28.1. The molecule has 0 saturated heterocycles. The summed E-state index contributed by atoms with van der Waals surface area (Å²) in [5, 5.41) is 13.9. The van der Waals surface area contributed by atoms with Gasteiger partial charge in [-0.05, 0) is 0 Å². The molecule has 0 aromatic carbocycles. The third-order valence-corrected chi connectivity index (χ3v) is 0. The number of hydrogen-bond donors (Lipinski definition) is 2. The molecule has 0 heterocycles. The Morgan fingerprint density at radius 2 is 1.17 bits per heavy atom. The highest BCUT2D eigenvalue weighted by Crippen LogP contribution is 1.42. The van der Waals surface area contributed by atoms with Gasteiger partial charge < -0.3 is 21.2 Å². The normalized spacial score (nSPS) is 4.00. The van der Waals surface area contributed by atoms with Crippen molar-refractivity contribution in [3.63, 3.8) is 0 Å². The van der Waals surface area contributed by atoms with Gasteiger partial charge in [-0.15, -0.1) is 0 Å². The maximum absolute atomic E-state index is 8.56. The zero-order chi connectivity index (χ0) is 3.58. The molecule has 0 aromatic rings. The van der Waals surface area contributed by atoms with Crippen LogP contribution in [0.2, 0.25) is 0 Å². The van der Waals surface area contributed by atoms with Crippen molar-refractivity contribution in [1.82, 2.24) is 0 Å². The molecule has 0 aliphatic heterocycles. The van der Waals surface area contributed by atoms with E-state index >= 15 is 0 Å². The molecule has 0 unspecified atom stereocenters. The highest BCUT2D eigenvalue weighted by Gasteiger charge is 1.70. The van der Waals surface area contributed by atoms with Crippen LogP contribution in [0.4, 0.5) is 4.79 Å². The summed E-state index contributed by atoms with van der Waals surface area (Å²) < 4.78 is 0. The van der Waals surface area contributed by atoms with E-state index in [1.807, 2.05) is 0 Å². The van der Waals surface area contributed by atoms with Crippen molar-refractivity contribution in [3.05, 3.63) is 0 Å². The van der Waals surface area contributed by atoms with Crippen molar-refractivity contribution in [1.29, 1.82) is 0 Å². The molecule has 5 nitrogen and oxygen atoms in total. The van der Waals surface area contributed by atoms with Gasteiger partial charge in [0.25, 0.3) is 0 Å². The van der Waals surface area contributed by atoms with Gasteiger partial charge in [0.05, 0.1) is 0 Å². The van der Waals surface area contributed by atoms with Crippen LogP contribution in [-0.4, -0.2) is 27.3 Å². The molecule has 0 saturated carbocycles. The molecular formula is CH6O5. The lowest BCUT2D eigenvalue weighted by Crippen LogP contribution is -1.81. The van der Waals surface area contributed by atoms with E-state index in [0.717, 1.165) is 0 Å². The summed E-state index contributed by atoms with van der Waals surface area (Å²) in [7, 11) is 0. The first-order chi connectivity index (χ1) is 1.73. The Labute approximate surface area is 33.5 Å². The Hall–Kier alpha value is -0.810. The lowest BCUT2D eigenvalue weighted by molar-refractivity contribution is 0.137. The fourth-order valence-electron chi connectivity index (χ4n) is 0. The zero-order valence-corrected chi connectivity index (χ0v) is 2.80. The fraction of sp³-hybridized carbons (Fsp3) is 0. The van der Waals surface area contributed by atoms with Gasteiger partial charge >= 0.3 is 6.16 Å². The van der Waals surface area contributed by atoms with Crippen molar-refractivity contribution >= 4 is 6.16 Å². The third kappa shape index (κ3) is 23.3. The smallest absolute Gasteiger partial charge is 0.450 e. The maximum Gasteiger partial charge on any atom is 0.503 e. The quantitative estimate of drug-likeness (QED) is 0.386. The van der Waals surface area contributed by atoms with Crippen LogP contribution in [0.25, 0.3) is 0 Å². The minimum atomic E-state index is -1.83. The van der Waals surface area contributed by atoms with Gasteiger partial charge in [0.1, 0.15) is 0 Å². The molecule has 40 valence electrons.